The maximum absolute atomic E-state index is 12.3. The van der Waals surface area contributed by atoms with Gasteiger partial charge in [0.2, 0.25) is 0 Å². The number of amides is 1. The van der Waals surface area contributed by atoms with Gasteiger partial charge in [0.05, 0.1) is 5.69 Å². The summed E-state index contributed by atoms with van der Waals surface area (Å²) in [6.45, 7) is 2.04. The number of nitrogens with one attached hydrogen (secondary N) is 1. The number of nitrogens with zero attached hydrogens (tertiary/aromatic N) is 2. The topological polar surface area (TPSA) is 72.4 Å². The van der Waals surface area contributed by atoms with Gasteiger partial charge in [-0.1, -0.05) is 18.2 Å². The van der Waals surface area contributed by atoms with Crippen molar-refractivity contribution in [2.75, 3.05) is 11.1 Å². The van der Waals surface area contributed by atoms with Gasteiger partial charge in [-0.25, -0.2) is 4.98 Å². The van der Waals surface area contributed by atoms with Gasteiger partial charge in [-0.05, 0) is 55.0 Å². The fraction of sp³-hybridized carbons (Fsp3) is 0.0476. The molecule has 4 aromatic rings. The highest BCUT2D eigenvalue weighted by Crippen LogP contribution is 2.22. The summed E-state index contributed by atoms with van der Waals surface area (Å²) < 4.78 is 2.02. The summed E-state index contributed by atoms with van der Waals surface area (Å²) in [4.78, 5) is 17.0. The van der Waals surface area contributed by atoms with Gasteiger partial charge in [0.25, 0.3) is 5.91 Å². The van der Waals surface area contributed by atoms with E-state index in [9.17, 15) is 4.79 Å². The lowest BCUT2D eigenvalue weighted by molar-refractivity contribution is 0.102. The molecule has 3 N–H and O–H groups in total. The summed E-state index contributed by atoms with van der Waals surface area (Å²) in [7, 11) is 0. The summed E-state index contributed by atoms with van der Waals surface area (Å²) >= 11 is 0. The molecule has 0 saturated heterocycles. The van der Waals surface area contributed by atoms with Gasteiger partial charge in [-0.3, -0.25) is 4.79 Å². The largest absolute Gasteiger partial charge is 0.399 e. The number of aryl methyl sites for hydroxylation is 1. The van der Waals surface area contributed by atoms with Crippen molar-refractivity contribution in [2.24, 2.45) is 0 Å². The van der Waals surface area contributed by atoms with E-state index in [4.69, 9.17) is 10.7 Å². The van der Waals surface area contributed by atoms with Gasteiger partial charge in [0.1, 0.15) is 5.65 Å². The van der Waals surface area contributed by atoms with Crippen molar-refractivity contribution in [3.8, 4) is 11.3 Å². The third-order valence-corrected chi connectivity index (χ3v) is 4.29. The zero-order chi connectivity index (χ0) is 18.1. The zero-order valence-electron chi connectivity index (χ0n) is 14.3. The normalized spacial score (nSPS) is 10.8. The Morgan fingerprint density at radius 2 is 1.77 bits per heavy atom. The maximum atomic E-state index is 12.3. The fourth-order valence-corrected chi connectivity index (χ4v) is 2.85. The Kier molecular flexibility index (Phi) is 3.89. The van der Waals surface area contributed by atoms with Crippen molar-refractivity contribution in [3.63, 3.8) is 0 Å². The predicted molar refractivity (Wildman–Crippen MR) is 104 cm³/mol. The van der Waals surface area contributed by atoms with Crippen molar-refractivity contribution in [3.05, 3.63) is 84.2 Å². The Labute approximate surface area is 151 Å². The van der Waals surface area contributed by atoms with Crippen LogP contribution in [0.1, 0.15) is 15.9 Å². The van der Waals surface area contributed by atoms with E-state index in [1.165, 1.54) is 0 Å². The Morgan fingerprint density at radius 1 is 1.04 bits per heavy atom. The number of imidazole rings is 1. The lowest BCUT2D eigenvalue weighted by atomic mass is 10.1. The number of anilines is 2. The van der Waals surface area contributed by atoms with Gasteiger partial charge in [0, 0.05) is 34.9 Å². The molecule has 0 radical (unpaired) electrons. The third kappa shape index (κ3) is 3.02. The van der Waals surface area contributed by atoms with Crippen LogP contribution >= 0.6 is 0 Å². The molecule has 0 aliphatic heterocycles. The smallest absolute Gasteiger partial charge is 0.255 e. The molecule has 4 rings (SSSR count). The Balaban J connectivity index is 1.55. The molecule has 0 spiro atoms. The quantitative estimate of drug-likeness (QED) is 0.550. The van der Waals surface area contributed by atoms with E-state index in [1.807, 2.05) is 60.1 Å². The molecule has 0 aliphatic carbocycles. The molecule has 1 amide bonds. The van der Waals surface area contributed by atoms with Crippen LogP contribution in [0.5, 0.6) is 0 Å². The lowest BCUT2D eigenvalue weighted by Crippen LogP contribution is -2.11. The van der Waals surface area contributed by atoms with Crippen molar-refractivity contribution in [1.29, 1.82) is 0 Å². The standard InChI is InChI=1S/C21H18N4O/c1-14-3-2-12-25-13-19(24-20(14)25)15-6-10-18(11-7-15)23-21(26)16-4-8-17(22)9-5-16/h2-13H,22H2,1H3,(H,23,26). The second kappa shape index (κ2) is 6.37. The summed E-state index contributed by atoms with van der Waals surface area (Å²) in [5, 5.41) is 2.89. The van der Waals surface area contributed by atoms with Gasteiger partial charge in [0.15, 0.2) is 0 Å². The molecule has 5 nitrogen and oxygen atoms in total. The van der Waals surface area contributed by atoms with Crippen molar-refractivity contribution in [2.45, 2.75) is 6.92 Å². The Morgan fingerprint density at radius 3 is 2.46 bits per heavy atom. The van der Waals surface area contributed by atoms with E-state index < -0.39 is 0 Å². The first-order valence-electron chi connectivity index (χ1n) is 8.32. The number of nitrogens with two attached hydrogens (primary N) is 1. The fourth-order valence-electron chi connectivity index (χ4n) is 2.85. The number of pyridine rings is 1. The van der Waals surface area contributed by atoms with E-state index in [-0.39, 0.29) is 5.91 Å². The Bertz CT molecular complexity index is 1080. The predicted octanol–water partition coefficient (Wildman–Crippen LogP) is 4.14. The number of rotatable bonds is 3. The van der Waals surface area contributed by atoms with E-state index in [0.717, 1.165) is 28.2 Å². The molecule has 0 bridgehead atoms. The highest BCUT2D eigenvalue weighted by Gasteiger charge is 2.08. The average molecular weight is 342 g/mol. The average Bonchev–Trinajstić information content (AvgIpc) is 3.08. The van der Waals surface area contributed by atoms with Gasteiger partial charge in [-0.2, -0.15) is 0 Å². The van der Waals surface area contributed by atoms with E-state index in [1.54, 1.807) is 24.3 Å². The summed E-state index contributed by atoms with van der Waals surface area (Å²) in [6.07, 6.45) is 3.99. The molecule has 128 valence electrons. The minimum absolute atomic E-state index is 0.166. The van der Waals surface area contributed by atoms with Crippen molar-refractivity contribution in [1.82, 2.24) is 9.38 Å². The van der Waals surface area contributed by atoms with Crippen LogP contribution in [0, 0.1) is 6.92 Å². The molecule has 2 aromatic carbocycles. The molecule has 0 saturated carbocycles. The first-order chi connectivity index (χ1) is 12.6. The molecular weight excluding hydrogens is 324 g/mol. The number of hydrogen-bond donors (Lipinski definition) is 2. The maximum Gasteiger partial charge on any atom is 0.255 e. The third-order valence-electron chi connectivity index (χ3n) is 4.29. The van der Waals surface area contributed by atoms with Crippen LogP contribution in [0.2, 0.25) is 0 Å². The minimum Gasteiger partial charge on any atom is -0.399 e. The van der Waals surface area contributed by atoms with Crippen LogP contribution in [0.15, 0.2) is 73.1 Å². The molecule has 0 unspecified atom stereocenters. The van der Waals surface area contributed by atoms with Crippen molar-refractivity contribution < 1.29 is 4.79 Å². The van der Waals surface area contributed by atoms with Gasteiger partial charge in [-0.15, -0.1) is 0 Å². The minimum atomic E-state index is -0.166. The monoisotopic (exact) mass is 342 g/mol. The number of aromatic nitrogens is 2. The number of fused-ring (bicyclic) bond motifs is 1. The van der Waals surface area contributed by atoms with Gasteiger partial charge < -0.3 is 15.5 Å². The van der Waals surface area contributed by atoms with Crippen molar-refractivity contribution >= 4 is 22.9 Å². The molecule has 0 atom stereocenters. The number of carbonyl (C=O) groups is 1. The molecule has 26 heavy (non-hydrogen) atoms. The Hall–Kier alpha value is -3.60. The van der Waals surface area contributed by atoms with Crippen LogP contribution in [0.25, 0.3) is 16.9 Å². The summed E-state index contributed by atoms with van der Waals surface area (Å²) in [5.41, 5.74) is 11.6. The van der Waals surface area contributed by atoms with Gasteiger partial charge >= 0.3 is 0 Å². The number of benzene rings is 2. The highest BCUT2D eigenvalue weighted by molar-refractivity contribution is 6.04. The first kappa shape index (κ1) is 15.9. The van der Waals surface area contributed by atoms with Crippen LogP contribution in [0.4, 0.5) is 11.4 Å². The molecule has 0 fully saturated rings. The molecule has 2 heterocycles. The number of hydrogen-bond acceptors (Lipinski definition) is 3. The molecule has 2 aromatic heterocycles. The van der Waals surface area contributed by atoms with Crippen LogP contribution in [-0.2, 0) is 0 Å². The highest BCUT2D eigenvalue weighted by atomic mass is 16.1. The van der Waals surface area contributed by atoms with Crippen LogP contribution < -0.4 is 11.1 Å². The first-order valence-corrected chi connectivity index (χ1v) is 8.32. The summed E-state index contributed by atoms with van der Waals surface area (Å²) in [5.74, 6) is -0.166. The molecule has 5 heteroatoms. The van der Waals surface area contributed by atoms with Crippen LogP contribution in [-0.4, -0.2) is 15.3 Å². The second-order valence-corrected chi connectivity index (χ2v) is 6.20. The molecule has 0 aliphatic rings. The number of nitrogen functional groups attached to an aromatic ring is 1. The van der Waals surface area contributed by atoms with Crippen LogP contribution in [0.3, 0.4) is 0 Å². The van der Waals surface area contributed by atoms with E-state index in [0.29, 0.717) is 11.3 Å². The number of carbonyl (C=O) groups excluding carboxylic acids is 1. The zero-order valence-corrected chi connectivity index (χ0v) is 14.3. The molecular formula is C21H18N4O. The SMILES string of the molecule is Cc1cccn2cc(-c3ccc(NC(=O)c4ccc(N)cc4)cc3)nc12. The summed E-state index contributed by atoms with van der Waals surface area (Å²) in [6, 6.07) is 18.5. The van der Waals surface area contributed by atoms with E-state index >= 15 is 0 Å². The second-order valence-electron chi connectivity index (χ2n) is 6.20. The lowest BCUT2D eigenvalue weighted by Gasteiger charge is -2.06. The van der Waals surface area contributed by atoms with E-state index in [2.05, 4.69) is 5.32 Å².